The molecule has 0 aliphatic heterocycles. The van der Waals surface area contributed by atoms with Gasteiger partial charge >= 0.3 is 0 Å². The summed E-state index contributed by atoms with van der Waals surface area (Å²) in [5, 5.41) is 2.79. The van der Waals surface area contributed by atoms with Crippen molar-refractivity contribution in [2.24, 2.45) is 0 Å². The Morgan fingerprint density at radius 2 is 1.61 bits per heavy atom. The van der Waals surface area contributed by atoms with Crippen LogP contribution in [0.5, 0.6) is 0 Å². The van der Waals surface area contributed by atoms with Crippen molar-refractivity contribution in [2.45, 2.75) is 13.8 Å². The van der Waals surface area contributed by atoms with E-state index in [1.54, 1.807) is 50.2 Å². The number of para-hydroxylation sites is 1. The number of benzene rings is 2. The van der Waals surface area contributed by atoms with Crippen molar-refractivity contribution in [3.63, 3.8) is 0 Å². The first-order valence-electron chi connectivity index (χ1n) is 7.44. The van der Waals surface area contributed by atoms with E-state index in [2.05, 4.69) is 5.32 Å². The van der Waals surface area contributed by atoms with Crippen LogP contribution in [0.25, 0.3) is 0 Å². The molecule has 0 fully saturated rings. The molecule has 0 saturated carbocycles. The van der Waals surface area contributed by atoms with Gasteiger partial charge < -0.3 is 5.32 Å². The van der Waals surface area contributed by atoms with Gasteiger partial charge in [-0.1, -0.05) is 18.2 Å². The summed E-state index contributed by atoms with van der Waals surface area (Å²) in [7, 11) is -3.31. The molecule has 6 heteroatoms. The molecule has 0 bridgehead atoms. The summed E-state index contributed by atoms with van der Waals surface area (Å²) in [6.07, 6.45) is 0. The van der Waals surface area contributed by atoms with Gasteiger partial charge in [0.25, 0.3) is 5.91 Å². The second-order valence-electron chi connectivity index (χ2n) is 4.93. The van der Waals surface area contributed by atoms with E-state index in [-0.39, 0.29) is 11.7 Å². The second kappa shape index (κ2) is 7.28. The molecular formula is C17H20N2O3S. The van der Waals surface area contributed by atoms with Gasteiger partial charge in [-0.25, -0.2) is 8.42 Å². The molecule has 0 spiro atoms. The van der Waals surface area contributed by atoms with Crippen molar-refractivity contribution in [3.05, 3.63) is 60.2 Å². The van der Waals surface area contributed by atoms with Crippen LogP contribution < -0.4 is 9.62 Å². The summed E-state index contributed by atoms with van der Waals surface area (Å²) < 4.78 is 25.4. The highest BCUT2D eigenvalue weighted by Crippen LogP contribution is 2.19. The smallest absolute Gasteiger partial charge is 0.255 e. The van der Waals surface area contributed by atoms with Crippen LogP contribution in [0, 0.1) is 0 Å². The minimum Gasteiger partial charge on any atom is -0.322 e. The zero-order chi connectivity index (χ0) is 16.9. The van der Waals surface area contributed by atoms with Gasteiger partial charge in [0, 0.05) is 17.8 Å². The monoisotopic (exact) mass is 332 g/mol. The van der Waals surface area contributed by atoms with E-state index in [4.69, 9.17) is 0 Å². The van der Waals surface area contributed by atoms with Gasteiger partial charge in [0.1, 0.15) is 0 Å². The van der Waals surface area contributed by atoms with Crippen LogP contribution in [0.4, 0.5) is 11.4 Å². The molecule has 0 aliphatic rings. The maximum Gasteiger partial charge on any atom is 0.255 e. The summed E-state index contributed by atoms with van der Waals surface area (Å²) in [4.78, 5) is 12.2. The van der Waals surface area contributed by atoms with Crippen LogP contribution in [-0.4, -0.2) is 26.6 Å². The number of anilines is 2. The molecule has 1 amide bonds. The van der Waals surface area contributed by atoms with E-state index in [0.29, 0.717) is 23.5 Å². The standard InChI is InChI=1S/C17H20N2O3S/c1-3-19(23(21,22)4-2)16-12-10-14(11-13-16)17(20)18-15-8-6-5-7-9-15/h5-13H,3-4H2,1-2H3,(H,18,20). The third kappa shape index (κ3) is 4.10. The van der Waals surface area contributed by atoms with Crippen LogP contribution in [0.15, 0.2) is 54.6 Å². The first-order chi connectivity index (χ1) is 11.0. The maximum absolute atomic E-state index is 12.2. The van der Waals surface area contributed by atoms with Crippen LogP contribution in [0.2, 0.25) is 0 Å². The number of carbonyl (C=O) groups excluding carboxylic acids is 1. The fraction of sp³-hybridized carbons (Fsp3) is 0.235. The van der Waals surface area contributed by atoms with E-state index >= 15 is 0 Å². The lowest BCUT2D eigenvalue weighted by molar-refractivity contribution is 0.102. The molecule has 0 aliphatic carbocycles. The van der Waals surface area contributed by atoms with Crippen LogP contribution >= 0.6 is 0 Å². The number of amides is 1. The number of sulfonamides is 1. The Kier molecular flexibility index (Phi) is 5.39. The lowest BCUT2D eigenvalue weighted by Gasteiger charge is -2.22. The lowest BCUT2D eigenvalue weighted by Crippen LogP contribution is -2.32. The summed E-state index contributed by atoms with van der Waals surface area (Å²) in [6, 6.07) is 15.7. The molecule has 0 aromatic heterocycles. The van der Waals surface area contributed by atoms with E-state index in [0.717, 1.165) is 0 Å². The quantitative estimate of drug-likeness (QED) is 0.884. The molecule has 0 atom stereocenters. The maximum atomic E-state index is 12.2. The normalized spacial score (nSPS) is 11.0. The Balaban J connectivity index is 2.17. The molecule has 2 rings (SSSR count). The minimum absolute atomic E-state index is 0.0388. The first kappa shape index (κ1) is 17.0. The highest BCUT2D eigenvalue weighted by molar-refractivity contribution is 7.92. The molecule has 122 valence electrons. The average molecular weight is 332 g/mol. The van der Waals surface area contributed by atoms with Gasteiger partial charge in [-0.15, -0.1) is 0 Å². The topological polar surface area (TPSA) is 66.5 Å². The molecule has 2 aromatic rings. The number of nitrogens with one attached hydrogen (secondary N) is 1. The predicted octanol–water partition coefficient (Wildman–Crippen LogP) is 3.11. The molecule has 5 nitrogen and oxygen atoms in total. The SMILES string of the molecule is CCN(c1ccc(C(=O)Nc2ccccc2)cc1)S(=O)(=O)CC. The van der Waals surface area contributed by atoms with Gasteiger partial charge in [0.05, 0.1) is 11.4 Å². The van der Waals surface area contributed by atoms with Crippen molar-refractivity contribution in [1.82, 2.24) is 0 Å². The van der Waals surface area contributed by atoms with Crippen LogP contribution in [0.1, 0.15) is 24.2 Å². The van der Waals surface area contributed by atoms with Gasteiger partial charge in [-0.05, 0) is 50.2 Å². The number of hydrogen-bond donors (Lipinski definition) is 1. The van der Waals surface area contributed by atoms with Gasteiger partial charge in [-0.2, -0.15) is 0 Å². The molecular weight excluding hydrogens is 312 g/mol. The summed E-state index contributed by atoms with van der Waals surface area (Å²) in [6.45, 7) is 3.74. The zero-order valence-electron chi connectivity index (χ0n) is 13.2. The van der Waals surface area contributed by atoms with Gasteiger partial charge in [0.15, 0.2) is 0 Å². The fourth-order valence-corrected chi connectivity index (χ4v) is 3.35. The van der Waals surface area contributed by atoms with Gasteiger partial charge in [-0.3, -0.25) is 9.10 Å². The summed E-state index contributed by atoms with van der Waals surface area (Å²) in [5.41, 5.74) is 1.75. The molecule has 0 unspecified atom stereocenters. The van der Waals surface area contributed by atoms with Crippen molar-refractivity contribution in [1.29, 1.82) is 0 Å². The van der Waals surface area contributed by atoms with E-state index < -0.39 is 10.0 Å². The van der Waals surface area contributed by atoms with E-state index in [1.165, 1.54) is 4.31 Å². The van der Waals surface area contributed by atoms with Gasteiger partial charge in [0.2, 0.25) is 10.0 Å². The van der Waals surface area contributed by atoms with E-state index in [1.807, 2.05) is 18.2 Å². The third-order valence-electron chi connectivity index (χ3n) is 3.44. The number of nitrogens with zero attached hydrogens (tertiary/aromatic N) is 1. The fourth-order valence-electron chi connectivity index (χ4n) is 2.20. The van der Waals surface area contributed by atoms with Crippen molar-refractivity contribution in [3.8, 4) is 0 Å². The minimum atomic E-state index is -3.31. The Morgan fingerprint density at radius 3 is 2.13 bits per heavy atom. The summed E-state index contributed by atoms with van der Waals surface area (Å²) >= 11 is 0. The van der Waals surface area contributed by atoms with Crippen molar-refractivity contribution in [2.75, 3.05) is 21.9 Å². The highest BCUT2D eigenvalue weighted by Gasteiger charge is 2.18. The first-order valence-corrected chi connectivity index (χ1v) is 9.05. The lowest BCUT2D eigenvalue weighted by atomic mass is 10.2. The van der Waals surface area contributed by atoms with Crippen molar-refractivity contribution >= 4 is 27.3 Å². The average Bonchev–Trinajstić information content (AvgIpc) is 2.57. The molecule has 0 heterocycles. The Bertz CT molecular complexity index is 756. The molecule has 2 aromatic carbocycles. The number of carbonyl (C=O) groups is 1. The molecule has 1 N–H and O–H groups in total. The van der Waals surface area contributed by atoms with Crippen LogP contribution in [0.3, 0.4) is 0 Å². The van der Waals surface area contributed by atoms with Crippen LogP contribution in [-0.2, 0) is 10.0 Å². The Labute approximate surface area is 137 Å². The molecule has 23 heavy (non-hydrogen) atoms. The molecule has 0 saturated heterocycles. The zero-order valence-corrected chi connectivity index (χ0v) is 14.0. The largest absolute Gasteiger partial charge is 0.322 e. The third-order valence-corrected chi connectivity index (χ3v) is 5.31. The highest BCUT2D eigenvalue weighted by atomic mass is 32.2. The predicted molar refractivity (Wildman–Crippen MR) is 93.3 cm³/mol. The molecule has 0 radical (unpaired) electrons. The summed E-state index contributed by atoms with van der Waals surface area (Å²) in [5.74, 6) is -0.193. The van der Waals surface area contributed by atoms with Crippen molar-refractivity contribution < 1.29 is 13.2 Å². The Hall–Kier alpha value is -2.34. The second-order valence-corrected chi connectivity index (χ2v) is 7.11. The van der Waals surface area contributed by atoms with E-state index in [9.17, 15) is 13.2 Å². The number of hydrogen-bond acceptors (Lipinski definition) is 3. The number of rotatable bonds is 6. The Morgan fingerprint density at radius 1 is 1.00 bits per heavy atom.